The zero-order chi connectivity index (χ0) is 10.9. The molecule has 1 fully saturated rings. The summed E-state index contributed by atoms with van der Waals surface area (Å²) in [6.45, 7) is 2.69. The molecule has 0 aliphatic heterocycles. The van der Waals surface area contributed by atoms with Crippen molar-refractivity contribution in [3.05, 3.63) is 0 Å². The maximum absolute atomic E-state index is 9.15. The Hall–Kier alpha value is -0.0400. The quantitative estimate of drug-likeness (QED) is 0.629. The first kappa shape index (κ1) is 13.0. The number of rotatable bonds is 7. The third-order valence-corrected chi connectivity index (χ3v) is 3.87. The minimum Gasteiger partial charge on any atom is -0.396 e. The van der Waals surface area contributed by atoms with E-state index in [4.69, 9.17) is 5.11 Å². The first-order valence-electron chi connectivity index (χ1n) is 6.97. The lowest BCUT2D eigenvalue weighted by atomic mass is 9.79. The monoisotopic (exact) mass is 212 g/mol. The van der Waals surface area contributed by atoms with Crippen LogP contribution in [0.1, 0.15) is 71.1 Å². The van der Waals surface area contributed by atoms with Crippen molar-refractivity contribution in [3.63, 3.8) is 0 Å². The lowest BCUT2D eigenvalue weighted by molar-refractivity contribution is 0.155. The van der Waals surface area contributed by atoms with Gasteiger partial charge in [0.15, 0.2) is 0 Å². The molecule has 1 aliphatic rings. The van der Waals surface area contributed by atoms with E-state index in [1.54, 1.807) is 0 Å². The Labute approximate surface area is 95.3 Å². The van der Waals surface area contributed by atoms with E-state index in [2.05, 4.69) is 6.92 Å². The maximum atomic E-state index is 9.15. The molecule has 0 aromatic carbocycles. The van der Waals surface area contributed by atoms with Crippen LogP contribution in [0.5, 0.6) is 0 Å². The second-order valence-corrected chi connectivity index (χ2v) is 5.28. The number of hydrogen-bond acceptors (Lipinski definition) is 1. The SMILES string of the molecule is CCCCCCCC1CCCC(CO)C1. The topological polar surface area (TPSA) is 20.2 Å². The molecule has 1 nitrogen and oxygen atoms in total. The molecule has 0 bridgehead atoms. The van der Waals surface area contributed by atoms with Gasteiger partial charge in [-0.3, -0.25) is 0 Å². The van der Waals surface area contributed by atoms with E-state index in [9.17, 15) is 0 Å². The summed E-state index contributed by atoms with van der Waals surface area (Å²) in [7, 11) is 0. The van der Waals surface area contributed by atoms with Crippen LogP contribution in [-0.2, 0) is 0 Å². The Bertz CT molecular complexity index is 144. The summed E-state index contributed by atoms with van der Waals surface area (Å²) in [6, 6.07) is 0. The van der Waals surface area contributed by atoms with Gasteiger partial charge in [-0.05, 0) is 24.7 Å². The second kappa shape index (κ2) is 8.15. The lowest BCUT2D eigenvalue weighted by Gasteiger charge is -2.27. The van der Waals surface area contributed by atoms with Crippen LogP contribution >= 0.6 is 0 Å². The third-order valence-electron chi connectivity index (χ3n) is 3.87. The van der Waals surface area contributed by atoms with Crippen molar-refractivity contribution in [3.8, 4) is 0 Å². The second-order valence-electron chi connectivity index (χ2n) is 5.28. The van der Waals surface area contributed by atoms with Crippen LogP contribution in [-0.4, -0.2) is 11.7 Å². The van der Waals surface area contributed by atoms with Gasteiger partial charge in [0.05, 0.1) is 0 Å². The van der Waals surface area contributed by atoms with Crippen molar-refractivity contribution in [1.29, 1.82) is 0 Å². The van der Waals surface area contributed by atoms with Gasteiger partial charge in [0.2, 0.25) is 0 Å². The van der Waals surface area contributed by atoms with E-state index in [-0.39, 0.29) is 0 Å². The summed E-state index contributed by atoms with van der Waals surface area (Å²) in [6.07, 6.45) is 13.8. The van der Waals surface area contributed by atoms with Gasteiger partial charge in [0.25, 0.3) is 0 Å². The summed E-state index contributed by atoms with van der Waals surface area (Å²) < 4.78 is 0. The lowest BCUT2D eigenvalue weighted by Crippen LogP contribution is -2.18. The van der Waals surface area contributed by atoms with Gasteiger partial charge in [-0.1, -0.05) is 58.3 Å². The minimum atomic E-state index is 0.423. The predicted octanol–water partition coefficient (Wildman–Crippen LogP) is 4.15. The van der Waals surface area contributed by atoms with Crippen LogP contribution in [0.15, 0.2) is 0 Å². The fourth-order valence-electron chi connectivity index (χ4n) is 2.87. The molecule has 15 heavy (non-hydrogen) atoms. The summed E-state index contributed by atoms with van der Waals surface area (Å²) in [4.78, 5) is 0. The van der Waals surface area contributed by atoms with E-state index < -0.39 is 0 Å². The summed E-state index contributed by atoms with van der Waals surface area (Å²) in [5.41, 5.74) is 0. The molecule has 0 aromatic heterocycles. The van der Waals surface area contributed by atoms with Gasteiger partial charge in [0, 0.05) is 6.61 Å². The van der Waals surface area contributed by atoms with Crippen molar-refractivity contribution < 1.29 is 5.11 Å². The summed E-state index contributed by atoms with van der Waals surface area (Å²) in [5.74, 6) is 1.55. The highest BCUT2D eigenvalue weighted by Gasteiger charge is 2.20. The zero-order valence-corrected chi connectivity index (χ0v) is 10.4. The highest BCUT2D eigenvalue weighted by molar-refractivity contribution is 4.72. The van der Waals surface area contributed by atoms with Crippen molar-refractivity contribution in [2.45, 2.75) is 71.1 Å². The first-order valence-corrected chi connectivity index (χ1v) is 6.97. The Balaban J connectivity index is 2.00. The van der Waals surface area contributed by atoms with Crippen molar-refractivity contribution in [2.75, 3.05) is 6.61 Å². The van der Waals surface area contributed by atoms with Gasteiger partial charge in [-0.2, -0.15) is 0 Å². The van der Waals surface area contributed by atoms with Crippen LogP contribution in [0, 0.1) is 11.8 Å². The van der Waals surface area contributed by atoms with Crippen molar-refractivity contribution in [2.24, 2.45) is 11.8 Å². The Morgan fingerprint density at radius 2 is 1.73 bits per heavy atom. The molecule has 0 saturated heterocycles. The standard InChI is InChI=1S/C14H28O/c1-2-3-4-5-6-8-13-9-7-10-14(11-13)12-15/h13-15H,2-12H2,1H3. The predicted molar refractivity (Wildman–Crippen MR) is 65.9 cm³/mol. The number of aliphatic hydroxyl groups excluding tert-OH is 1. The molecule has 2 unspecified atom stereocenters. The van der Waals surface area contributed by atoms with Gasteiger partial charge >= 0.3 is 0 Å². The van der Waals surface area contributed by atoms with Crippen LogP contribution in [0.3, 0.4) is 0 Å². The molecule has 1 rings (SSSR count). The highest BCUT2D eigenvalue weighted by Crippen LogP contribution is 2.32. The van der Waals surface area contributed by atoms with E-state index >= 15 is 0 Å². The number of unbranched alkanes of at least 4 members (excludes halogenated alkanes) is 4. The van der Waals surface area contributed by atoms with Crippen LogP contribution < -0.4 is 0 Å². The molecule has 1 heteroatoms. The van der Waals surface area contributed by atoms with Gasteiger partial charge < -0.3 is 5.11 Å². The number of hydrogen-bond donors (Lipinski definition) is 1. The zero-order valence-electron chi connectivity index (χ0n) is 10.4. The normalized spacial score (nSPS) is 26.8. The average Bonchev–Trinajstić information content (AvgIpc) is 2.29. The van der Waals surface area contributed by atoms with Gasteiger partial charge in [0.1, 0.15) is 0 Å². The number of aliphatic hydroxyl groups is 1. The van der Waals surface area contributed by atoms with Crippen LogP contribution in [0.4, 0.5) is 0 Å². The molecular formula is C14H28O. The highest BCUT2D eigenvalue weighted by atomic mass is 16.3. The molecule has 1 aliphatic carbocycles. The Morgan fingerprint density at radius 3 is 2.47 bits per heavy atom. The van der Waals surface area contributed by atoms with E-state index in [1.807, 2.05) is 0 Å². The molecule has 0 radical (unpaired) electrons. The van der Waals surface area contributed by atoms with E-state index in [0.717, 1.165) is 5.92 Å². The summed E-state index contributed by atoms with van der Waals surface area (Å²) >= 11 is 0. The van der Waals surface area contributed by atoms with Crippen LogP contribution in [0.25, 0.3) is 0 Å². The first-order chi connectivity index (χ1) is 7.36. The van der Waals surface area contributed by atoms with Crippen molar-refractivity contribution >= 4 is 0 Å². The van der Waals surface area contributed by atoms with Gasteiger partial charge in [-0.25, -0.2) is 0 Å². The van der Waals surface area contributed by atoms with Gasteiger partial charge in [-0.15, -0.1) is 0 Å². The molecule has 2 atom stereocenters. The average molecular weight is 212 g/mol. The van der Waals surface area contributed by atoms with E-state index in [1.165, 1.54) is 64.2 Å². The van der Waals surface area contributed by atoms with Crippen LogP contribution in [0.2, 0.25) is 0 Å². The third kappa shape index (κ3) is 5.55. The smallest absolute Gasteiger partial charge is 0.0459 e. The summed E-state index contributed by atoms with van der Waals surface area (Å²) in [5, 5.41) is 9.15. The molecule has 0 aromatic rings. The van der Waals surface area contributed by atoms with E-state index in [0.29, 0.717) is 12.5 Å². The molecule has 0 heterocycles. The molecule has 0 spiro atoms. The Kier molecular flexibility index (Phi) is 7.08. The molecule has 90 valence electrons. The largest absolute Gasteiger partial charge is 0.396 e. The molecule has 0 amide bonds. The Morgan fingerprint density at radius 1 is 1.00 bits per heavy atom. The fraction of sp³-hybridized carbons (Fsp3) is 1.00. The molecular weight excluding hydrogens is 184 g/mol. The maximum Gasteiger partial charge on any atom is 0.0459 e. The molecule has 1 saturated carbocycles. The van der Waals surface area contributed by atoms with Crippen molar-refractivity contribution in [1.82, 2.24) is 0 Å². The fourth-order valence-corrected chi connectivity index (χ4v) is 2.87. The minimum absolute atomic E-state index is 0.423. The molecule has 1 N–H and O–H groups in total.